The van der Waals surface area contributed by atoms with Crippen molar-refractivity contribution in [2.45, 2.75) is 33.1 Å². The molecular formula is C12H21N3O2. The van der Waals surface area contributed by atoms with E-state index in [9.17, 15) is 4.79 Å². The number of hydrogen-bond donors (Lipinski definition) is 3. The zero-order chi connectivity index (χ0) is 12.8. The van der Waals surface area contributed by atoms with E-state index >= 15 is 0 Å². The molecule has 96 valence electrons. The molecule has 0 bridgehead atoms. The first-order chi connectivity index (χ1) is 8.02. The lowest BCUT2D eigenvalue weighted by Crippen LogP contribution is -2.18. The van der Waals surface area contributed by atoms with E-state index in [0.29, 0.717) is 24.1 Å². The maximum Gasteiger partial charge on any atom is 0.252 e. The number of aliphatic hydroxyl groups is 1. The van der Waals surface area contributed by atoms with Crippen molar-refractivity contribution in [2.24, 2.45) is 5.92 Å². The van der Waals surface area contributed by atoms with Crippen molar-refractivity contribution >= 4 is 5.82 Å². The summed E-state index contributed by atoms with van der Waals surface area (Å²) in [6.07, 6.45) is 0.743. The molecule has 1 aromatic rings. The molecule has 0 radical (unpaired) electrons. The fraction of sp³-hybridized carbons (Fsp3) is 0.667. The van der Waals surface area contributed by atoms with Crippen molar-refractivity contribution in [2.75, 3.05) is 18.5 Å². The molecule has 1 unspecified atom stereocenters. The van der Waals surface area contributed by atoms with E-state index in [4.69, 9.17) is 5.11 Å². The van der Waals surface area contributed by atoms with E-state index in [1.165, 1.54) is 6.07 Å². The highest BCUT2D eigenvalue weighted by molar-refractivity contribution is 5.33. The molecule has 1 heterocycles. The van der Waals surface area contributed by atoms with Crippen molar-refractivity contribution in [1.29, 1.82) is 0 Å². The van der Waals surface area contributed by atoms with Gasteiger partial charge < -0.3 is 15.4 Å². The van der Waals surface area contributed by atoms with Gasteiger partial charge >= 0.3 is 0 Å². The molecule has 1 rings (SSSR count). The fourth-order valence-electron chi connectivity index (χ4n) is 1.44. The monoisotopic (exact) mass is 239 g/mol. The summed E-state index contributed by atoms with van der Waals surface area (Å²) in [5.41, 5.74) is -0.138. The minimum Gasteiger partial charge on any atom is -0.396 e. The van der Waals surface area contributed by atoms with Gasteiger partial charge in [-0.2, -0.15) is 0 Å². The van der Waals surface area contributed by atoms with Crippen LogP contribution in [0.4, 0.5) is 5.82 Å². The predicted octanol–water partition coefficient (Wildman–Crippen LogP) is 1.32. The molecule has 0 fully saturated rings. The molecule has 1 aromatic heterocycles. The van der Waals surface area contributed by atoms with Gasteiger partial charge in [0, 0.05) is 25.1 Å². The average molecular weight is 239 g/mol. The quantitative estimate of drug-likeness (QED) is 0.699. The van der Waals surface area contributed by atoms with E-state index in [0.717, 1.165) is 6.42 Å². The normalized spacial score (nSPS) is 12.8. The van der Waals surface area contributed by atoms with Crippen LogP contribution in [0.2, 0.25) is 0 Å². The Kier molecular flexibility index (Phi) is 5.15. The second-order valence-corrected chi connectivity index (χ2v) is 4.67. The smallest absolute Gasteiger partial charge is 0.252 e. The molecule has 0 aliphatic rings. The Labute approximate surface area is 101 Å². The summed E-state index contributed by atoms with van der Waals surface area (Å²) in [6.45, 7) is 6.89. The first kappa shape index (κ1) is 13.7. The summed E-state index contributed by atoms with van der Waals surface area (Å²) >= 11 is 0. The van der Waals surface area contributed by atoms with Gasteiger partial charge in [0.1, 0.15) is 11.6 Å². The molecule has 5 nitrogen and oxygen atoms in total. The molecule has 17 heavy (non-hydrogen) atoms. The van der Waals surface area contributed by atoms with Crippen LogP contribution in [-0.2, 0) is 0 Å². The fourth-order valence-corrected chi connectivity index (χ4v) is 1.44. The van der Waals surface area contributed by atoms with Crippen molar-refractivity contribution in [3.05, 3.63) is 22.2 Å². The van der Waals surface area contributed by atoms with Crippen molar-refractivity contribution in [3.8, 4) is 0 Å². The van der Waals surface area contributed by atoms with Crippen molar-refractivity contribution in [3.63, 3.8) is 0 Å². The van der Waals surface area contributed by atoms with Gasteiger partial charge in [-0.25, -0.2) is 4.98 Å². The predicted molar refractivity (Wildman–Crippen MR) is 68.3 cm³/mol. The molecule has 3 N–H and O–H groups in total. The SMILES string of the molecule is CC(CCO)CNc1cc(=O)[nH]c(C(C)C)n1. The minimum atomic E-state index is -0.138. The second kappa shape index (κ2) is 6.39. The Morgan fingerprint density at radius 3 is 2.76 bits per heavy atom. The summed E-state index contributed by atoms with van der Waals surface area (Å²) < 4.78 is 0. The summed E-state index contributed by atoms with van der Waals surface area (Å²) in [4.78, 5) is 18.5. The van der Waals surface area contributed by atoms with Crippen LogP contribution < -0.4 is 10.9 Å². The van der Waals surface area contributed by atoms with E-state index < -0.39 is 0 Å². The van der Waals surface area contributed by atoms with Gasteiger partial charge in [0.25, 0.3) is 5.56 Å². The molecule has 0 spiro atoms. The van der Waals surface area contributed by atoms with E-state index in [1.54, 1.807) is 0 Å². The zero-order valence-corrected chi connectivity index (χ0v) is 10.7. The number of hydrogen-bond acceptors (Lipinski definition) is 4. The average Bonchev–Trinajstić information content (AvgIpc) is 2.26. The lowest BCUT2D eigenvalue weighted by Gasteiger charge is -2.12. The Balaban J connectivity index is 2.68. The maximum atomic E-state index is 11.4. The highest BCUT2D eigenvalue weighted by atomic mass is 16.3. The number of H-pyrrole nitrogens is 1. The van der Waals surface area contributed by atoms with Crippen LogP contribution in [0.15, 0.2) is 10.9 Å². The molecule has 1 atom stereocenters. The molecule has 0 aliphatic heterocycles. The number of aromatic nitrogens is 2. The molecule has 0 aliphatic carbocycles. The third-order valence-corrected chi connectivity index (χ3v) is 2.56. The second-order valence-electron chi connectivity index (χ2n) is 4.67. The first-order valence-electron chi connectivity index (χ1n) is 5.99. The van der Waals surface area contributed by atoms with E-state index in [1.807, 2.05) is 20.8 Å². The Hall–Kier alpha value is -1.36. The van der Waals surface area contributed by atoms with Gasteiger partial charge in [0.2, 0.25) is 0 Å². The highest BCUT2D eigenvalue weighted by Crippen LogP contribution is 2.10. The number of nitrogens with one attached hydrogen (secondary N) is 2. The molecule has 5 heteroatoms. The Bertz CT molecular complexity index is 401. The van der Waals surface area contributed by atoms with Gasteiger partial charge in [-0.05, 0) is 12.3 Å². The van der Waals surface area contributed by atoms with Gasteiger partial charge in [-0.15, -0.1) is 0 Å². The highest BCUT2D eigenvalue weighted by Gasteiger charge is 2.06. The summed E-state index contributed by atoms with van der Waals surface area (Å²) in [6, 6.07) is 1.46. The number of anilines is 1. The summed E-state index contributed by atoms with van der Waals surface area (Å²) in [7, 11) is 0. The zero-order valence-electron chi connectivity index (χ0n) is 10.7. The number of aromatic amines is 1. The van der Waals surface area contributed by atoms with Crippen LogP contribution in [0.3, 0.4) is 0 Å². The standard InChI is InChI=1S/C12H21N3O2/c1-8(2)12-14-10(6-11(17)15-12)13-7-9(3)4-5-16/h6,8-9,16H,4-5,7H2,1-3H3,(H2,13,14,15,17). The number of aliphatic hydroxyl groups excluding tert-OH is 1. The van der Waals surface area contributed by atoms with Crippen LogP contribution in [0, 0.1) is 5.92 Å². The van der Waals surface area contributed by atoms with Gasteiger partial charge in [-0.3, -0.25) is 4.79 Å². The van der Waals surface area contributed by atoms with E-state index in [-0.39, 0.29) is 18.1 Å². The van der Waals surface area contributed by atoms with Crippen LogP contribution in [0.5, 0.6) is 0 Å². The summed E-state index contributed by atoms with van der Waals surface area (Å²) in [5, 5.41) is 11.9. The number of rotatable bonds is 6. The lowest BCUT2D eigenvalue weighted by atomic mass is 10.1. The van der Waals surface area contributed by atoms with Gasteiger partial charge in [0.15, 0.2) is 0 Å². The largest absolute Gasteiger partial charge is 0.396 e. The minimum absolute atomic E-state index is 0.138. The molecule has 0 saturated heterocycles. The van der Waals surface area contributed by atoms with Crippen LogP contribution >= 0.6 is 0 Å². The molecule has 0 saturated carbocycles. The van der Waals surface area contributed by atoms with Crippen LogP contribution in [-0.4, -0.2) is 28.2 Å². The first-order valence-corrected chi connectivity index (χ1v) is 5.99. The Morgan fingerprint density at radius 1 is 1.47 bits per heavy atom. The lowest BCUT2D eigenvalue weighted by molar-refractivity contribution is 0.266. The number of nitrogens with zero attached hydrogens (tertiary/aromatic N) is 1. The van der Waals surface area contributed by atoms with Crippen molar-refractivity contribution in [1.82, 2.24) is 9.97 Å². The van der Waals surface area contributed by atoms with Gasteiger partial charge in [0.05, 0.1) is 0 Å². The molecular weight excluding hydrogens is 218 g/mol. The third kappa shape index (κ3) is 4.56. The van der Waals surface area contributed by atoms with Crippen LogP contribution in [0.1, 0.15) is 38.9 Å². The third-order valence-electron chi connectivity index (χ3n) is 2.56. The van der Waals surface area contributed by atoms with Gasteiger partial charge in [-0.1, -0.05) is 20.8 Å². The maximum absolute atomic E-state index is 11.4. The topological polar surface area (TPSA) is 78.0 Å². The molecule has 0 amide bonds. The molecule has 0 aromatic carbocycles. The Morgan fingerprint density at radius 2 is 2.18 bits per heavy atom. The van der Waals surface area contributed by atoms with Crippen molar-refractivity contribution < 1.29 is 5.11 Å². The van der Waals surface area contributed by atoms with Crippen LogP contribution in [0.25, 0.3) is 0 Å². The van der Waals surface area contributed by atoms with E-state index in [2.05, 4.69) is 15.3 Å². The summed E-state index contributed by atoms with van der Waals surface area (Å²) in [5.74, 6) is 1.83.